The first kappa shape index (κ1) is 17.9. The minimum Gasteiger partial charge on any atom is -0.504 e. The largest absolute Gasteiger partial charge is 0.504 e. The number of rotatable bonds is 3. The normalized spacial score (nSPS) is 11.3. The van der Waals surface area contributed by atoms with E-state index >= 15 is 0 Å². The van der Waals surface area contributed by atoms with E-state index in [1.165, 1.54) is 7.11 Å². The summed E-state index contributed by atoms with van der Waals surface area (Å²) in [5.74, 6) is 0.511. The zero-order valence-corrected chi connectivity index (χ0v) is 16.5. The van der Waals surface area contributed by atoms with E-state index in [-0.39, 0.29) is 11.4 Å². The summed E-state index contributed by atoms with van der Waals surface area (Å²) in [5.41, 5.74) is 6.34. The van der Waals surface area contributed by atoms with Gasteiger partial charge in [0.05, 0.1) is 29.5 Å². The second-order valence-electron chi connectivity index (χ2n) is 6.98. The maximum absolute atomic E-state index is 12.3. The maximum atomic E-state index is 12.3. The Morgan fingerprint density at radius 1 is 1.00 bits per heavy atom. The van der Waals surface area contributed by atoms with Crippen LogP contribution in [0.1, 0.15) is 5.56 Å². The lowest BCUT2D eigenvalue weighted by molar-refractivity contribution is 0.373. The van der Waals surface area contributed by atoms with Crippen LogP contribution in [-0.2, 0) is 21.1 Å². The molecule has 0 aliphatic carbocycles. The molecule has 0 saturated carbocycles. The van der Waals surface area contributed by atoms with Gasteiger partial charge < -0.3 is 9.84 Å². The number of ether oxygens (including phenoxy) is 1. The molecule has 0 fully saturated rings. The average molecular weight is 378 g/mol. The van der Waals surface area contributed by atoms with Crippen LogP contribution in [-0.4, -0.2) is 31.1 Å². The SMILES string of the molecule is COc1cc(-c2cc(-c3cc4c(cc3C)n(C)c(=O)n4C)nn2C)ccc1O. The van der Waals surface area contributed by atoms with Gasteiger partial charge in [-0.3, -0.25) is 13.8 Å². The number of imidazole rings is 1. The first-order chi connectivity index (χ1) is 13.3. The molecule has 0 atom stereocenters. The predicted molar refractivity (Wildman–Crippen MR) is 109 cm³/mol. The summed E-state index contributed by atoms with van der Waals surface area (Å²) >= 11 is 0. The molecule has 0 saturated heterocycles. The number of aromatic hydroxyl groups is 1. The van der Waals surface area contributed by atoms with Gasteiger partial charge in [-0.2, -0.15) is 5.10 Å². The Hall–Kier alpha value is -3.48. The van der Waals surface area contributed by atoms with Crippen molar-refractivity contribution in [3.63, 3.8) is 0 Å². The van der Waals surface area contributed by atoms with Crippen LogP contribution in [0, 0.1) is 6.92 Å². The van der Waals surface area contributed by atoms with Crippen molar-refractivity contribution in [2.75, 3.05) is 7.11 Å². The Labute approximate surface area is 162 Å². The number of hydrogen-bond donors (Lipinski definition) is 1. The Bertz CT molecular complexity index is 1280. The van der Waals surface area contributed by atoms with Gasteiger partial charge in [0, 0.05) is 32.3 Å². The van der Waals surface area contributed by atoms with Crippen LogP contribution in [0.2, 0.25) is 0 Å². The third-order valence-corrected chi connectivity index (χ3v) is 5.25. The first-order valence-electron chi connectivity index (χ1n) is 8.89. The standard InChI is InChI=1S/C21H22N4O3/c1-12-8-17-18(24(3)21(27)23(17)2)10-14(12)15-11-16(25(4)22-15)13-6-7-19(26)20(9-13)28-5/h6-11,26H,1-5H3. The highest BCUT2D eigenvalue weighted by Gasteiger charge is 2.16. The van der Waals surface area contributed by atoms with Gasteiger partial charge in [-0.1, -0.05) is 0 Å². The average Bonchev–Trinajstić information content (AvgIpc) is 3.15. The minimum atomic E-state index is -0.0514. The van der Waals surface area contributed by atoms with Crippen molar-refractivity contribution < 1.29 is 9.84 Å². The number of aryl methyl sites for hydroxylation is 4. The number of methoxy groups -OCH3 is 1. The summed E-state index contributed by atoms with van der Waals surface area (Å²) in [6.07, 6.45) is 0. The lowest BCUT2D eigenvalue weighted by Crippen LogP contribution is -2.19. The number of benzene rings is 2. The van der Waals surface area contributed by atoms with Crippen LogP contribution in [0.25, 0.3) is 33.5 Å². The van der Waals surface area contributed by atoms with Gasteiger partial charge in [0.2, 0.25) is 0 Å². The van der Waals surface area contributed by atoms with E-state index in [0.717, 1.165) is 39.1 Å². The van der Waals surface area contributed by atoms with Gasteiger partial charge >= 0.3 is 5.69 Å². The van der Waals surface area contributed by atoms with Crippen molar-refractivity contribution in [3.8, 4) is 34.0 Å². The Balaban J connectivity index is 1.88. The van der Waals surface area contributed by atoms with Crippen LogP contribution in [0.4, 0.5) is 0 Å². The molecule has 4 aromatic rings. The van der Waals surface area contributed by atoms with E-state index in [2.05, 4.69) is 5.10 Å². The van der Waals surface area contributed by atoms with Crippen LogP contribution in [0.15, 0.2) is 41.2 Å². The van der Waals surface area contributed by atoms with E-state index in [1.54, 1.807) is 40.0 Å². The topological polar surface area (TPSA) is 74.2 Å². The zero-order chi connectivity index (χ0) is 20.2. The third kappa shape index (κ3) is 2.58. The molecule has 28 heavy (non-hydrogen) atoms. The smallest absolute Gasteiger partial charge is 0.328 e. The molecule has 0 aliphatic heterocycles. The number of nitrogens with zero attached hydrogens (tertiary/aromatic N) is 4. The number of phenolic OH excluding ortho intramolecular Hbond substituents is 1. The van der Waals surface area contributed by atoms with Crippen molar-refractivity contribution in [2.24, 2.45) is 21.1 Å². The van der Waals surface area contributed by atoms with Crippen molar-refractivity contribution in [1.29, 1.82) is 0 Å². The van der Waals surface area contributed by atoms with Crippen molar-refractivity contribution >= 4 is 11.0 Å². The molecule has 2 aromatic carbocycles. The fourth-order valence-electron chi connectivity index (χ4n) is 3.63. The molecule has 1 N–H and O–H groups in total. The maximum Gasteiger partial charge on any atom is 0.328 e. The fraction of sp³-hybridized carbons (Fsp3) is 0.238. The molecule has 0 bridgehead atoms. The summed E-state index contributed by atoms with van der Waals surface area (Å²) in [7, 11) is 6.96. The monoisotopic (exact) mass is 378 g/mol. The molecule has 0 aliphatic rings. The van der Waals surface area contributed by atoms with Crippen LogP contribution < -0.4 is 10.4 Å². The van der Waals surface area contributed by atoms with E-state index in [0.29, 0.717) is 5.75 Å². The summed E-state index contributed by atoms with van der Waals surface area (Å²) in [6.45, 7) is 2.02. The van der Waals surface area contributed by atoms with E-state index < -0.39 is 0 Å². The van der Waals surface area contributed by atoms with Gasteiger partial charge in [0.25, 0.3) is 0 Å². The van der Waals surface area contributed by atoms with E-state index in [9.17, 15) is 9.90 Å². The quantitative estimate of drug-likeness (QED) is 0.595. The number of aromatic nitrogens is 4. The summed E-state index contributed by atoms with van der Waals surface area (Å²) in [5, 5.41) is 14.5. The van der Waals surface area contributed by atoms with E-state index in [1.807, 2.05) is 38.2 Å². The Morgan fingerprint density at radius 2 is 1.68 bits per heavy atom. The van der Waals surface area contributed by atoms with Gasteiger partial charge in [0.15, 0.2) is 11.5 Å². The molecule has 7 heteroatoms. The number of fused-ring (bicyclic) bond motifs is 1. The van der Waals surface area contributed by atoms with Crippen molar-refractivity contribution in [2.45, 2.75) is 6.92 Å². The molecule has 0 unspecified atom stereocenters. The zero-order valence-electron chi connectivity index (χ0n) is 16.5. The van der Waals surface area contributed by atoms with Gasteiger partial charge in [-0.25, -0.2) is 4.79 Å². The lowest BCUT2D eigenvalue weighted by Gasteiger charge is -2.06. The van der Waals surface area contributed by atoms with E-state index in [4.69, 9.17) is 4.74 Å². The molecule has 144 valence electrons. The van der Waals surface area contributed by atoms with Crippen LogP contribution >= 0.6 is 0 Å². The highest BCUT2D eigenvalue weighted by Crippen LogP contribution is 2.34. The van der Waals surface area contributed by atoms with Crippen molar-refractivity contribution in [1.82, 2.24) is 18.9 Å². The number of phenols is 1. The number of hydrogen-bond acceptors (Lipinski definition) is 4. The molecule has 0 amide bonds. The molecule has 2 heterocycles. The molecule has 0 spiro atoms. The molecule has 2 aromatic heterocycles. The van der Waals surface area contributed by atoms with Crippen LogP contribution in [0.5, 0.6) is 11.5 Å². The molecular formula is C21H22N4O3. The highest BCUT2D eigenvalue weighted by atomic mass is 16.5. The molecule has 4 rings (SSSR count). The van der Waals surface area contributed by atoms with Gasteiger partial charge in [0.1, 0.15) is 0 Å². The van der Waals surface area contributed by atoms with Gasteiger partial charge in [-0.15, -0.1) is 0 Å². The van der Waals surface area contributed by atoms with Crippen LogP contribution in [0.3, 0.4) is 0 Å². The molecular weight excluding hydrogens is 356 g/mol. The summed E-state index contributed by atoms with van der Waals surface area (Å²) in [6, 6.07) is 11.3. The summed E-state index contributed by atoms with van der Waals surface area (Å²) < 4.78 is 10.3. The summed E-state index contributed by atoms with van der Waals surface area (Å²) in [4.78, 5) is 12.3. The predicted octanol–water partition coefficient (Wildman–Crippen LogP) is 2.97. The Morgan fingerprint density at radius 3 is 2.36 bits per heavy atom. The second kappa shape index (κ2) is 6.30. The van der Waals surface area contributed by atoms with Crippen molar-refractivity contribution in [3.05, 3.63) is 52.4 Å². The third-order valence-electron chi connectivity index (χ3n) is 5.25. The molecule has 0 radical (unpaired) electrons. The second-order valence-corrected chi connectivity index (χ2v) is 6.98. The highest BCUT2D eigenvalue weighted by molar-refractivity contribution is 5.85. The minimum absolute atomic E-state index is 0.0514. The lowest BCUT2D eigenvalue weighted by atomic mass is 10.0. The fourth-order valence-corrected chi connectivity index (χ4v) is 3.63. The Kier molecular flexibility index (Phi) is 4.03. The molecule has 7 nitrogen and oxygen atoms in total. The first-order valence-corrected chi connectivity index (χ1v) is 8.89. The van der Waals surface area contributed by atoms with Gasteiger partial charge in [-0.05, 0) is 48.9 Å².